The van der Waals surface area contributed by atoms with Gasteiger partial charge in [0.25, 0.3) is 0 Å². The first-order chi connectivity index (χ1) is 13.8. The zero-order chi connectivity index (χ0) is 21.4. The standard InChI is InChI=1S/C17H14F3N5O3S/c18-17(19,20)28-5-6-29-16-12(8-22)14(11(7-21)15(23)25-16)13-2-1-10(9-24-13)27-4-3-26/h1-2,9,26H,3-6H2,(H2,23,25). The van der Waals surface area contributed by atoms with Crippen LogP contribution in [-0.2, 0) is 4.74 Å². The number of halogens is 3. The Morgan fingerprint density at radius 2 is 1.90 bits per heavy atom. The molecule has 0 fully saturated rings. The van der Waals surface area contributed by atoms with E-state index in [0.717, 1.165) is 11.8 Å². The summed E-state index contributed by atoms with van der Waals surface area (Å²) in [4.78, 5) is 8.13. The number of hydrogen-bond donors (Lipinski definition) is 2. The number of nitrogens with two attached hydrogens (primary N) is 1. The van der Waals surface area contributed by atoms with Crippen molar-refractivity contribution in [3.8, 4) is 29.1 Å². The maximum Gasteiger partial charge on any atom is 0.522 e. The molecule has 0 unspecified atom stereocenters. The Morgan fingerprint density at radius 3 is 2.45 bits per heavy atom. The van der Waals surface area contributed by atoms with Crippen molar-refractivity contribution in [1.29, 1.82) is 10.5 Å². The van der Waals surface area contributed by atoms with Gasteiger partial charge >= 0.3 is 6.36 Å². The summed E-state index contributed by atoms with van der Waals surface area (Å²) in [5, 5.41) is 27.9. The summed E-state index contributed by atoms with van der Waals surface area (Å²) in [6.45, 7) is -0.763. The van der Waals surface area contributed by atoms with Crippen molar-refractivity contribution in [2.45, 2.75) is 11.4 Å². The van der Waals surface area contributed by atoms with Crippen LogP contribution in [0.2, 0.25) is 0 Å². The number of hydrogen-bond acceptors (Lipinski definition) is 9. The van der Waals surface area contributed by atoms with E-state index in [1.807, 2.05) is 12.1 Å². The van der Waals surface area contributed by atoms with E-state index in [0.29, 0.717) is 5.75 Å². The SMILES string of the molecule is N#Cc1c(N)nc(SCCOC(F)(F)F)c(C#N)c1-c1ccc(OCCO)cn1. The van der Waals surface area contributed by atoms with Gasteiger partial charge in [-0.3, -0.25) is 9.72 Å². The highest BCUT2D eigenvalue weighted by molar-refractivity contribution is 7.99. The molecule has 0 saturated heterocycles. The highest BCUT2D eigenvalue weighted by Gasteiger charge is 2.29. The molecule has 0 saturated carbocycles. The molecule has 12 heteroatoms. The van der Waals surface area contributed by atoms with E-state index in [1.165, 1.54) is 18.3 Å². The zero-order valence-corrected chi connectivity index (χ0v) is 15.5. The van der Waals surface area contributed by atoms with E-state index >= 15 is 0 Å². The van der Waals surface area contributed by atoms with Crippen molar-refractivity contribution in [2.75, 3.05) is 31.3 Å². The molecule has 0 aromatic carbocycles. The number of nitrogen functional groups attached to an aromatic ring is 1. The molecule has 0 aliphatic heterocycles. The third-order valence-electron chi connectivity index (χ3n) is 3.36. The third kappa shape index (κ3) is 5.96. The number of aromatic nitrogens is 2. The van der Waals surface area contributed by atoms with Crippen molar-refractivity contribution >= 4 is 17.6 Å². The smallest absolute Gasteiger partial charge is 0.490 e. The fraction of sp³-hybridized carbons (Fsp3) is 0.294. The molecule has 0 amide bonds. The molecule has 2 heterocycles. The predicted octanol–water partition coefficient (Wildman–Crippen LogP) is 2.47. The van der Waals surface area contributed by atoms with Crippen LogP contribution in [0.1, 0.15) is 11.1 Å². The number of nitriles is 2. The number of thioether (sulfide) groups is 1. The second kappa shape index (κ2) is 9.93. The highest BCUT2D eigenvalue weighted by Crippen LogP contribution is 2.35. The Labute approximate surface area is 167 Å². The van der Waals surface area contributed by atoms with Gasteiger partial charge in [-0.2, -0.15) is 10.5 Å². The lowest BCUT2D eigenvalue weighted by atomic mass is 10.0. The Balaban J connectivity index is 2.39. The van der Waals surface area contributed by atoms with Crippen LogP contribution in [0.5, 0.6) is 5.75 Å². The lowest BCUT2D eigenvalue weighted by Gasteiger charge is -2.13. The highest BCUT2D eigenvalue weighted by atomic mass is 32.2. The fourth-order valence-corrected chi connectivity index (χ4v) is 3.05. The molecule has 0 radical (unpaired) electrons. The summed E-state index contributed by atoms with van der Waals surface area (Å²) in [5.74, 6) is 0.0387. The van der Waals surface area contributed by atoms with Gasteiger partial charge in [-0.15, -0.1) is 24.9 Å². The van der Waals surface area contributed by atoms with E-state index < -0.39 is 13.0 Å². The van der Waals surface area contributed by atoms with Gasteiger partial charge in [0.1, 0.15) is 40.9 Å². The maximum absolute atomic E-state index is 12.1. The van der Waals surface area contributed by atoms with Crippen LogP contribution in [0.3, 0.4) is 0 Å². The predicted molar refractivity (Wildman–Crippen MR) is 96.6 cm³/mol. The zero-order valence-electron chi connectivity index (χ0n) is 14.7. The average Bonchev–Trinajstić information content (AvgIpc) is 2.69. The fourth-order valence-electron chi connectivity index (χ4n) is 2.23. The minimum Gasteiger partial charge on any atom is -0.490 e. The van der Waals surface area contributed by atoms with Crippen LogP contribution < -0.4 is 10.5 Å². The summed E-state index contributed by atoms with van der Waals surface area (Å²) in [6, 6.07) is 6.81. The quantitative estimate of drug-likeness (QED) is 0.482. The monoisotopic (exact) mass is 425 g/mol. The second-order valence-electron chi connectivity index (χ2n) is 5.24. The van der Waals surface area contributed by atoms with E-state index in [4.69, 9.17) is 15.6 Å². The first-order valence-corrected chi connectivity index (χ1v) is 8.96. The van der Waals surface area contributed by atoms with E-state index in [-0.39, 0.29) is 52.2 Å². The molecular weight excluding hydrogens is 411 g/mol. The van der Waals surface area contributed by atoms with Crippen LogP contribution in [0.4, 0.5) is 19.0 Å². The lowest BCUT2D eigenvalue weighted by Crippen LogP contribution is -2.15. The number of alkyl halides is 3. The summed E-state index contributed by atoms with van der Waals surface area (Å²) in [6.07, 6.45) is -3.42. The molecule has 0 aliphatic carbocycles. The van der Waals surface area contributed by atoms with E-state index in [1.54, 1.807) is 0 Å². The van der Waals surface area contributed by atoms with Crippen molar-refractivity contribution < 1.29 is 27.8 Å². The molecule has 152 valence electrons. The van der Waals surface area contributed by atoms with Crippen LogP contribution in [0.25, 0.3) is 11.3 Å². The number of nitrogens with zero attached hydrogens (tertiary/aromatic N) is 4. The second-order valence-corrected chi connectivity index (χ2v) is 6.33. The topological polar surface area (TPSA) is 138 Å². The van der Waals surface area contributed by atoms with Crippen molar-refractivity contribution in [1.82, 2.24) is 9.97 Å². The van der Waals surface area contributed by atoms with Gasteiger partial charge in [-0.1, -0.05) is 0 Å². The number of aliphatic hydroxyl groups excluding tert-OH is 1. The van der Waals surface area contributed by atoms with Crippen molar-refractivity contribution in [2.24, 2.45) is 0 Å². The number of rotatable bonds is 8. The molecule has 0 spiro atoms. The molecule has 8 nitrogen and oxygen atoms in total. The summed E-state index contributed by atoms with van der Waals surface area (Å²) in [5.41, 5.74) is 6.06. The number of pyridine rings is 2. The molecule has 29 heavy (non-hydrogen) atoms. The van der Waals surface area contributed by atoms with Gasteiger partial charge in [0.15, 0.2) is 0 Å². The normalized spacial score (nSPS) is 11.0. The first kappa shape index (κ1) is 22.2. The summed E-state index contributed by atoms with van der Waals surface area (Å²) < 4.78 is 45.2. The van der Waals surface area contributed by atoms with Gasteiger partial charge in [0, 0.05) is 11.3 Å². The third-order valence-corrected chi connectivity index (χ3v) is 4.30. The average molecular weight is 425 g/mol. The van der Waals surface area contributed by atoms with Crippen LogP contribution in [-0.4, -0.2) is 47.0 Å². The van der Waals surface area contributed by atoms with Crippen LogP contribution >= 0.6 is 11.8 Å². The van der Waals surface area contributed by atoms with Crippen LogP contribution in [0.15, 0.2) is 23.4 Å². The van der Waals surface area contributed by atoms with Gasteiger partial charge in [0.05, 0.1) is 30.7 Å². The minimum absolute atomic E-state index is 0.0377. The Bertz CT molecular complexity index is 940. The molecule has 0 atom stereocenters. The summed E-state index contributed by atoms with van der Waals surface area (Å²) >= 11 is 0.840. The molecule has 2 rings (SSSR count). The minimum atomic E-state index is -4.76. The number of aliphatic hydroxyl groups is 1. The van der Waals surface area contributed by atoms with Gasteiger partial charge in [0.2, 0.25) is 0 Å². The van der Waals surface area contributed by atoms with E-state index in [9.17, 15) is 23.7 Å². The Hall–Kier alpha value is -3.06. The number of anilines is 1. The maximum atomic E-state index is 12.1. The first-order valence-electron chi connectivity index (χ1n) is 7.98. The lowest BCUT2D eigenvalue weighted by molar-refractivity contribution is -0.322. The van der Waals surface area contributed by atoms with Crippen LogP contribution in [0, 0.1) is 22.7 Å². The van der Waals surface area contributed by atoms with E-state index in [2.05, 4.69) is 14.7 Å². The molecule has 2 aromatic heterocycles. The molecule has 3 N–H and O–H groups in total. The van der Waals surface area contributed by atoms with Crippen molar-refractivity contribution in [3.05, 3.63) is 29.5 Å². The van der Waals surface area contributed by atoms with Gasteiger partial charge in [-0.25, -0.2) is 4.98 Å². The molecular formula is C17H14F3N5O3S. The van der Waals surface area contributed by atoms with Gasteiger partial charge < -0.3 is 15.6 Å². The summed E-state index contributed by atoms with van der Waals surface area (Å²) in [7, 11) is 0. The molecule has 0 bridgehead atoms. The van der Waals surface area contributed by atoms with Gasteiger partial charge in [-0.05, 0) is 12.1 Å². The Kier molecular flexibility index (Phi) is 7.61. The van der Waals surface area contributed by atoms with Crippen molar-refractivity contribution in [3.63, 3.8) is 0 Å². The largest absolute Gasteiger partial charge is 0.522 e. The molecule has 2 aromatic rings. The Morgan fingerprint density at radius 1 is 1.17 bits per heavy atom. The molecule has 0 aliphatic rings. The number of ether oxygens (including phenoxy) is 2.